The first-order valence-electron chi connectivity index (χ1n) is 16.1. The number of rotatable bonds is 2. The van der Waals surface area contributed by atoms with E-state index in [2.05, 4.69) is 0 Å². The Morgan fingerprint density at radius 1 is 0.350 bits per heavy atom. The molecule has 2 aliphatic heterocycles. The smallest absolute Gasteiger partial charge is 0.268 e. The van der Waals surface area contributed by atoms with Gasteiger partial charge in [-0.05, 0) is 30.3 Å². The molecule has 0 atom stereocenters. The summed E-state index contributed by atoms with van der Waals surface area (Å²) in [4.78, 5) is 57.7. The molecule has 0 N–H and O–H groups in total. The van der Waals surface area contributed by atoms with Gasteiger partial charge in [0.05, 0.1) is 84.9 Å². The first-order valence-corrected chi connectivity index (χ1v) is 19.2. The lowest BCUT2D eigenvalue weighted by Gasteiger charge is -2.33. The summed E-state index contributed by atoms with van der Waals surface area (Å²) < 4.78 is 112. The molecule has 0 unspecified atom stereocenters. The van der Waals surface area contributed by atoms with Crippen molar-refractivity contribution in [3.8, 4) is 0 Å². The van der Waals surface area contributed by atoms with Crippen molar-refractivity contribution in [3.63, 3.8) is 0 Å². The van der Waals surface area contributed by atoms with Gasteiger partial charge in [0.1, 0.15) is 11.6 Å². The number of nitrogens with zero attached hydrogens (tertiary/aromatic N) is 2. The second-order valence-electron chi connectivity index (χ2n) is 13.3. The molecule has 0 fully saturated rings. The van der Waals surface area contributed by atoms with Gasteiger partial charge in [-0.1, -0.05) is 92.8 Å². The molecule has 2 heterocycles. The van der Waals surface area contributed by atoms with Crippen LogP contribution in [0.3, 0.4) is 0 Å². The molecule has 0 saturated carbocycles. The van der Waals surface area contributed by atoms with Crippen molar-refractivity contribution < 1.29 is 54.3 Å². The van der Waals surface area contributed by atoms with E-state index in [1.54, 1.807) is 0 Å². The Bertz CT molecular complexity index is 3100. The quantitative estimate of drug-likeness (QED) is 0.0749. The molecule has 6 nitrogen and oxygen atoms in total. The SMILES string of the molecule is O=C1c2c(Cl)c(Cl)c3c4c(Cl)c(Cl)c5c6c(c(Cl)c(Cl)c(c7c(Cl)c(Cl)c(c2c37)C(=O)N1c1cc(F)cc(F)c1)c64)C(=O)N(c1cc(C(F)(F)F)cc(C(F)(F)F)c1)C5=O. The predicted octanol–water partition coefficient (Wildman–Crippen LogP) is 14.9. The molecule has 0 radical (unpaired) electrons. The summed E-state index contributed by atoms with van der Waals surface area (Å²) in [7, 11) is 0. The maximum atomic E-state index is 14.4. The Balaban J connectivity index is 1.44. The topological polar surface area (TPSA) is 74.8 Å². The summed E-state index contributed by atoms with van der Waals surface area (Å²) in [5, 5.41) is -6.93. The number of carbonyl (C=O) groups is 4. The highest BCUT2D eigenvalue weighted by Crippen LogP contribution is 2.60. The maximum Gasteiger partial charge on any atom is 0.416 e. The summed E-state index contributed by atoms with van der Waals surface area (Å²) in [6, 6.07) is 1.91. The van der Waals surface area contributed by atoms with Gasteiger partial charge in [-0.25, -0.2) is 18.6 Å². The van der Waals surface area contributed by atoms with Crippen LogP contribution in [0.15, 0.2) is 36.4 Å². The van der Waals surface area contributed by atoms with Gasteiger partial charge in [0.15, 0.2) is 0 Å². The maximum absolute atomic E-state index is 14.4. The van der Waals surface area contributed by atoms with Crippen molar-refractivity contribution in [2.24, 2.45) is 0 Å². The number of anilines is 2. The fraction of sp³-hybridized carbons (Fsp3) is 0.0526. The minimum Gasteiger partial charge on any atom is -0.268 e. The Morgan fingerprint density at radius 2 is 0.617 bits per heavy atom. The first-order chi connectivity index (χ1) is 27.9. The zero-order chi connectivity index (χ0) is 43.7. The molecule has 0 bridgehead atoms. The normalized spacial score (nSPS) is 14.7. The average molecular weight is 990 g/mol. The fourth-order valence-corrected chi connectivity index (χ4v) is 10.0. The third-order valence-corrected chi connectivity index (χ3v) is 13.5. The summed E-state index contributed by atoms with van der Waals surface area (Å²) in [6.45, 7) is 0. The van der Waals surface area contributed by atoms with E-state index < -0.39 is 138 Å². The van der Waals surface area contributed by atoms with Crippen LogP contribution < -0.4 is 9.80 Å². The van der Waals surface area contributed by atoms with Crippen molar-refractivity contribution in [2.45, 2.75) is 12.4 Å². The van der Waals surface area contributed by atoms with E-state index in [0.717, 1.165) is 0 Å². The van der Waals surface area contributed by atoms with E-state index in [1.807, 2.05) is 0 Å². The van der Waals surface area contributed by atoms with Crippen LogP contribution in [0.1, 0.15) is 52.6 Å². The number of hydrogen-bond acceptors (Lipinski definition) is 4. The van der Waals surface area contributed by atoms with E-state index in [1.165, 1.54) is 0 Å². The van der Waals surface area contributed by atoms with Gasteiger partial charge in [-0.15, -0.1) is 0 Å². The van der Waals surface area contributed by atoms with Crippen molar-refractivity contribution in [3.05, 3.63) is 122 Å². The zero-order valence-electron chi connectivity index (χ0n) is 28.0. The second-order valence-corrected chi connectivity index (χ2v) is 16.3. The highest BCUT2D eigenvalue weighted by molar-refractivity contribution is 6.64. The monoisotopic (exact) mass is 986 g/mol. The van der Waals surface area contributed by atoms with Crippen molar-refractivity contribution in [1.82, 2.24) is 0 Å². The summed E-state index contributed by atoms with van der Waals surface area (Å²) >= 11 is 54.9. The number of amides is 4. The van der Waals surface area contributed by atoms with Crippen molar-refractivity contribution in [1.29, 1.82) is 0 Å². The third kappa shape index (κ3) is 5.35. The van der Waals surface area contributed by atoms with E-state index in [4.69, 9.17) is 92.8 Å². The minimum absolute atomic E-state index is 0.00250. The van der Waals surface area contributed by atoms with E-state index in [0.29, 0.717) is 23.1 Å². The highest BCUT2D eigenvalue weighted by Gasteiger charge is 2.46. The standard InChI is InChI=1S/C38H6Cl8F8N2O4/c39-25-17-13-15-21(29(25)43)33(57)55(11-2-7(37(49,50)51)1-8(3-11)38(52,53)54)34(58)22(15)30(44)26(40)18(13)20-14-16-23(31(45)27(41)19(14)17)35(59)56(12-5-9(47)4-10(48)6-12)36(60)24(16)32(46)28(20)42/h1-6H. The third-order valence-electron chi connectivity index (χ3n) is 10.1. The summed E-state index contributed by atoms with van der Waals surface area (Å²) in [6.07, 6.45) is -10.8. The predicted molar refractivity (Wildman–Crippen MR) is 213 cm³/mol. The number of benzene rings is 7. The van der Waals surface area contributed by atoms with Crippen LogP contribution in [0, 0.1) is 11.6 Å². The Kier molecular flexibility index (Phi) is 9.07. The molecule has 9 rings (SSSR count). The summed E-state index contributed by atoms with van der Waals surface area (Å²) in [5.41, 5.74) is -7.98. The molecule has 22 heteroatoms. The molecule has 60 heavy (non-hydrogen) atoms. The molecule has 0 aliphatic carbocycles. The highest BCUT2D eigenvalue weighted by atomic mass is 35.5. The van der Waals surface area contributed by atoms with Crippen LogP contribution in [0.2, 0.25) is 40.2 Å². The number of hydrogen-bond donors (Lipinski definition) is 0. The molecule has 0 saturated heterocycles. The number of carbonyl (C=O) groups excluding carboxylic acids is 4. The number of halogens is 16. The molecule has 0 aromatic heterocycles. The lowest BCUT2D eigenvalue weighted by atomic mass is 9.81. The largest absolute Gasteiger partial charge is 0.416 e. The van der Waals surface area contributed by atoms with Crippen LogP contribution in [0.4, 0.5) is 46.5 Å². The van der Waals surface area contributed by atoms with Gasteiger partial charge in [-0.3, -0.25) is 19.2 Å². The van der Waals surface area contributed by atoms with Crippen molar-refractivity contribution in [2.75, 3.05) is 9.80 Å². The van der Waals surface area contributed by atoms with Crippen LogP contribution in [-0.4, -0.2) is 23.6 Å². The van der Waals surface area contributed by atoms with Gasteiger partial charge in [0, 0.05) is 49.2 Å². The van der Waals surface area contributed by atoms with Crippen LogP contribution in [0.5, 0.6) is 0 Å². The number of fused-ring (bicyclic) bond motifs is 2. The Hall–Kier alpha value is -4.12. The Labute approximate surface area is 366 Å². The lowest BCUT2D eigenvalue weighted by Crippen LogP contribution is -2.41. The molecule has 4 amide bonds. The average Bonchev–Trinajstić information content (AvgIpc) is 3.14. The Morgan fingerprint density at radius 3 is 0.883 bits per heavy atom. The zero-order valence-corrected chi connectivity index (χ0v) is 34.1. The van der Waals surface area contributed by atoms with Gasteiger partial charge in [0.25, 0.3) is 23.6 Å². The van der Waals surface area contributed by atoms with Crippen molar-refractivity contribution >= 4 is 171 Å². The van der Waals surface area contributed by atoms with E-state index in [-0.39, 0.29) is 60.8 Å². The lowest BCUT2D eigenvalue weighted by molar-refractivity contribution is -0.143. The molecule has 304 valence electrons. The van der Waals surface area contributed by atoms with Gasteiger partial charge in [-0.2, -0.15) is 26.3 Å². The molecule has 7 aromatic carbocycles. The fourth-order valence-electron chi connectivity index (χ4n) is 7.83. The van der Waals surface area contributed by atoms with Crippen LogP contribution in [0.25, 0.3) is 43.1 Å². The molecular weight excluding hydrogens is 984 g/mol. The molecule has 0 spiro atoms. The molecule has 2 aliphatic rings. The first kappa shape index (κ1) is 41.2. The van der Waals surface area contributed by atoms with Gasteiger partial charge in [0.2, 0.25) is 0 Å². The number of imide groups is 2. The van der Waals surface area contributed by atoms with Gasteiger partial charge >= 0.3 is 12.4 Å². The van der Waals surface area contributed by atoms with Crippen LogP contribution >= 0.6 is 92.8 Å². The van der Waals surface area contributed by atoms with E-state index >= 15 is 0 Å². The molecular formula is C38H6Cl8F8N2O4. The van der Waals surface area contributed by atoms with Crippen LogP contribution in [-0.2, 0) is 12.4 Å². The second kappa shape index (κ2) is 13.2. The minimum atomic E-state index is -5.39. The molecule has 7 aromatic rings. The summed E-state index contributed by atoms with van der Waals surface area (Å²) in [5.74, 6) is -7.88. The van der Waals surface area contributed by atoms with Gasteiger partial charge < -0.3 is 0 Å². The number of alkyl halides is 6. The van der Waals surface area contributed by atoms with E-state index in [9.17, 15) is 54.3 Å².